The van der Waals surface area contributed by atoms with E-state index in [2.05, 4.69) is 27.8 Å². The van der Waals surface area contributed by atoms with Crippen LogP contribution in [0.4, 0.5) is 5.69 Å². The lowest BCUT2D eigenvalue weighted by atomic mass is 10.1. The summed E-state index contributed by atoms with van der Waals surface area (Å²) in [5, 5.41) is 16.3. The summed E-state index contributed by atoms with van der Waals surface area (Å²) in [6.07, 6.45) is 6.45. The Hall–Kier alpha value is -3.32. The Kier molecular flexibility index (Phi) is 5.99. The van der Waals surface area contributed by atoms with Crippen molar-refractivity contribution in [1.82, 2.24) is 5.32 Å². The van der Waals surface area contributed by atoms with Crippen LogP contribution in [0.15, 0.2) is 83.5 Å². The Labute approximate surface area is 178 Å². The van der Waals surface area contributed by atoms with Gasteiger partial charge in [-0.2, -0.15) is 0 Å². The number of carboxylic acids is 1. The maximum atomic E-state index is 12.3. The molecule has 2 unspecified atom stereocenters. The molecule has 152 valence electrons. The Morgan fingerprint density at radius 2 is 1.93 bits per heavy atom. The molecule has 1 heterocycles. The molecule has 2 aliphatic rings. The number of allylic oxidation sites excluding steroid dienone is 1. The number of hydrogen-bond acceptors (Lipinski definition) is 5. The molecule has 30 heavy (non-hydrogen) atoms. The Bertz CT molecular complexity index is 1050. The van der Waals surface area contributed by atoms with Crippen LogP contribution in [0.2, 0.25) is 0 Å². The fraction of sp³-hybridized carbons (Fsp3) is 0.174. The zero-order valence-corrected chi connectivity index (χ0v) is 16.9. The number of carboxylic acid groups (broad SMARTS) is 1. The summed E-state index contributed by atoms with van der Waals surface area (Å²) in [5.41, 5.74) is 3.01. The van der Waals surface area contributed by atoms with Crippen molar-refractivity contribution < 1.29 is 14.7 Å². The first-order valence-electron chi connectivity index (χ1n) is 9.61. The van der Waals surface area contributed by atoms with E-state index in [-0.39, 0.29) is 35.7 Å². The van der Waals surface area contributed by atoms with Crippen molar-refractivity contribution in [2.45, 2.75) is 24.3 Å². The minimum Gasteiger partial charge on any atom is -0.478 e. The van der Waals surface area contributed by atoms with Crippen LogP contribution >= 0.6 is 11.8 Å². The number of amides is 1. The first kappa shape index (κ1) is 20.0. The number of nitrogens with one attached hydrogen (secondary N) is 2. The highest BCUT2D eigenvalue weighted by Gasteiger charge is 2.30. The van der Waals surface area contributed by atoms with Crippen molar-refractivity contribution in [3.8, 4) is 0 Å². The summed E-state index contributed by atoms with van der Waals surface area (Å²) in [6, 6.07) is 16.6. The highest BCUT2D eigenvalue weighted by molar-refractivity contribution is 8.15. The van der Waals surface area contributed by atoms with Crippen LogP contribution in [-0.2, 0) is 11.3 Å². The lowest BCUT2D eigenvalue weighted by Gasteiger charge is -2.17. The molecule has 3 N–H and O–H groups in total. The lowest BCUT2D eigenvalue weighted by Crippen LogP contribution is -2.24. The summed E-state index contributed by atoms with van der Waals surface area (Å²) in [4.78, 5) is 28.1. The van der Waals surface area contributed by atoms with Gasteiger partial charge in [-0.25, -0.2) is 4.79 Å². The molecule has 0 bridgehead atoms. The van der Waals surface area contributed by atoms with Crippen LogP contribution in [0, 0.1) is 0 Å². The van der Waals surface area contributed by atoms with Crippen molar-refractivity contribution in [2.24, 2.45) is 4.99 Å². The Morgan fingerprint density at radius 3 is 2.73 bits per heavy atom. The molecule has 2 aromatic rings. The quantitative estimate of drug-likeness (QED) is 0.634. The van der Waals surface area contributed by atoms with Gasteiger partial charge >= 0.3 is 5.97 Å². The molecule has 0 saturated carbocycles. The highest BCUT2D eigenvalue weighted by Crippen LogP contribution is 2.34. The Balaban J connectivity index is 1.29. The predicted molar refractivity (Wildman–Crippen MR) is 120 cm³/mol. The average molecular weight is 420 g/mol. The summed E-state index contributed by atoms with van der Waals surface area (Å²) in [6.45, 7) is 0.287. The van der Waals surface area contributed by atoms with Crippen molar-refractivity contribution in [1.29, 1.82) is 0 Å². The van der Waals surface area contributed by atoms with E-state index in [0.717, 1.165) is 22.0 Å². The molecule has 0 saturated heterocycles. The molecule has 0 aromatic heterocycles. The third kappa shape index (κ3) is 4.99. The van der Waals surface area contributed by atoms with Crippen LogP contribution in [0.1, 0.15) is 22.3 Å². The predicted octanol–water partition coefficient (Wildman–Crippen LogP) is 3.84. The maximum absolute atomic E-state index is 12.3. The molecular weight excluding hydrogens is 398 g/mol. The number of anilines is 1. The minimum absolute atomic E-state index is 0.0476. The van der Waals surface area contributed by atoms with Gasteiger partial charge in [-0.15, -0.1) is 11.8 Å². The molecular formula is C23H21N3O3S. The van der Waals surface area contributed by atoms with Crippen molar-refractivity contribution >= 4 is 34.4 Å². The number of thioether (sulfide) groups is 1. The summed E-state index contributed by atoms with van der Waals surface area (Å²) in [5.74, 6) is -1.11. The van der Waals surface area contributed by atoms with E-state index < -0.39 is 5.97 Å². The minimum atomic E-state index is -0.982. The monoisotopic (exact) mass is 419 g/mol. The van der Waals surface area contributed by atoms with Crippen LogP contribution in [0.25, 0.3) is 0 Å². The molecule has 2 aromatic carbocycles. The van der Waals surface area contributed by atoms with Gasteiger partial charge in [-0.05, 0) is 42.0 Å². The number of hydrogen-bond donors (Lipinski definition) is 3. The van der Waals surface area contributed by atoms with Gasteiger partial charge in [0.15, 0.2) is 0 Å². The van der Waals surface area contributed by atoms with Crippen LogP contribution in [-0.4, -0.2) is 33.3 Å². The number of fused-ring (bicyclic) bond motifs is 1. The number of carbonyl (C=O) groups excluding carboxylic acids is 1. The van der Waals surface area contributed by atoms with Crippen LogP contribution in [0.3, 0.4) is 0 Å². The molecule has 0 spiro atoms. The second-order valence-corrected chi connectivity index (χ2v) is 8.28. The molecule has 0 fully saturated rings. The van der Waals surface area contributed by atoms with Crippen molar-refractivity contribution in [3.05, 3.63) is 89.6 Å². The van der Waals surface area contributed by atoms with Gasteiger partial charge in [0.2, 0.25) is 5.91 Å². The molecule has 2 atom stereocenters. The Morgan fingerprint density at radius 1 is 1.10 bits per heavy atom. The highest BCUT2D eigenvalue weighted by atomic mass is 32.2. The standard InChI is InChI=1S/C23H21N3O3S/c27-21(24-14-15-5-4-6-16(11-15)23(28)29)13-22-26-19-10-9-18(12-20(19)30-22)25-17-7-2-1-3-8-17/h1-12,19-20,25H,13-14H2,(H,24,27)(H,28,29). The van der Waals surface area contributed by atoms with E-state index in [4.69, 9.17) is 5.11 Å². The fourth-order valence-electron chi connectivity index (χ4n) is 3.29. The van der Waals surface area contributed by atoms with Gasteiger partial charge in [0.25, 0.3) is 0 Å². The molecule has 1 aliphatic heterocycles. The van der Waals surface area contributed by atoms with E-state index in [1.165, 1.54) is 6.07 Å². The van der Waals surface area contributed by atoms with Gasteiger partial charge < -0.3 is 15.7 Å². The van der Waals surface area contributed by atoms with Crippen molar-refractivity contribution in [2.75, 3.05) is 5.32 Å². The SMILES string of the molecule is O=C(CC1=NC2C=CC(Nc3ccccc3)=CC2S1)NCc1cccc(C(=O)O)c1. The third-order valence-corrected chi connectivity index (χ3v) is 5.97. The number of para-hydroxylation sites is 1. The smallest absolute Gasteiger partial charge is 0.335 e. The first-order valence-corrected chi connectivity index (χ1v) is 10.5. The average Bonchev–Trinajstić information content (AvgIpc) is 3.14. The van der Waals surface area contributed by atoms with E-state index in [1.54, 1.807) is 30.0 Å². The van der Waals surface area contributed by atoms with Crippen LogP contribution in [0.5, 0.6) is 0 Å². The number of benzene rings is 2. The number of nitrogens with zero attached hydrogens (tertiary/aromatic N) is 1. The van der Waals surface area contributed by atoms with E-state index in [0.29, 0.717) is 0 Å². The topological polar surface area (TPSA) is 90.8 Å². The van der Waals surface area contributed by atoms with E-state index in [1.807, 2.05) is 36.4 Å². The molecule has 4 rings (SSSR count). The van der Waals surface area contributed by atoms with Crippen molar-refractivity contribution in [3.63, 3.8) is 0 Å². The zero-order chi connectivity index (χ0) is 20.9. The summed E-state index contributed by atoms with van der Waals surface area (Å²) < 4.78 is 0. The zero-order valence-electron chi connectivity index (χ0n) is 16.1. The van der Waals surface area contributed by atoms with Gasteiger partial charge in [-0.3, -0.25) is 9.79 Å². The molecule has 1 amide bonds. The second kappa shape index (κ2) is 9.00. The third-order valence-electron chi connectivity index (χ3n) is 4.76. The largest absolute Gasteiger partial charge is 0.478 e. The number of carbonyl (C=O) groups is 2. The van der Waals surface area contributed by atoms with Gasteiger partial charge in [-0.1, -0.05) is 36.4 Å². The molecule has 1 aliphatic carbocycles. The number of aliphatic imine (C=N–C) groups is 1. The molecule has 6 nitrogen and oxygen atoms in total. The van der Waals surface area contributed by atoms with Gasteiger partial charge in [0.05, 0.1) is 28.3 Å². The van der Waals surface area contributed by atoms with Gasteiger partial charge in [0, 0.05) is 17.9 Å². The second-order valence-electron chi connectivity index (χ2n) is 7.03. The first-order chi connectivity index (χ1) is 14.6. The summed E-state index contributed by atoms with van der Waals surface area (Å²) >= 11 is 1.61. The normalized spacial score (nSPS) is 19.5. The number of aromatic carboxylic acids is 1. The number of rotatable bonds is 7. The summed E-state index contributed by atoms with van der Waals surface area (Å²) in [7, 11) is 0. The lowest BCUT2D eigenvalue weighted by molar-refractivity contribution is -0.120. The van der Waals surface area contributed by atoms with E-state index >= 15 is 0 Å². The fourth-order valence-corrected chi connectivity index (χ4v) is 4.51. The van der Waals surface area contributed by atoms with E-state index in [9.17, 15) is 9.59 Å². The maximum Gasteiger partial charge on any atom is 0.335 e. The molecule has 7 heteroatoms. The molecule has 0 radical (unpaired) electrons. The van der Waals surface area contributed by atoms with Crippen LogP contribution < -0.4 is 10.6 Å². The van der Waals surface area contributed by atoms with Gasteiger partial charge in [0.1, 0.15) is 0 Å².